The fourth-order valence-electron chi connectivity index (χ4n) is 4.03. The molecule has 1 aliphatic heterocycles. The third-order valence-electron chi connectivity index (χ3n) is 4.93. The maximum absolute atomic E-state index is 12.5. The Morgan fingerprint density at radius 3 is 2.73 bits per heavy atom. The van der Waals surface area contributed by atoms with Gasteiger partial charge in [-0.1, -0.05) is 36.0 Å². The molecule has 0 saturated heterocycles. The SMILES string of the molecule is O=C(O)c1cn2c3c(c(Cl)c(Cl)cc3c1=O)C1CCCCC12. The molecule has 2 aromatic rings. The summed E-state index contributed by atoms with van der Waals surface area (Å²) < 4.78 is 1.95. The molecule has 1 N–H and O–H groups in total. The van der Waals surface area contributed by atoms with E-state index in [9.17, 15) is 14.7 Å². The zero-order valence-corrected chi connectivity index (χ0v) is 13.1. The van der Waals surface area contributed by atoms with Gasteiger partial charge in [-0.3, -0.25) is 4.79 Å². The molecule has 1 aromatic heterocycles. The molecule has 114 valence electrons. The van der Waals surface area contributed by atoms with E-state index in [1.54, 1.807) is 0 Å². The molecular weight excluding hydrogens is 325 g/mol. The molecule has 0 radical (unpaired) electrons. The standard InChI is InChI=1S/C16H13Cl2NO3/c17-10-5-8-14-12(13(10)18)7-3-1-2-4-11(7)19(14)6-9(15(8)20)16(21)22/h5-7,11H,1-4H2,(H,21,22). The molecule has 0 spiro atoms. The number of hydrogen-bond acceptors (Lipinski definition) is 2. The van der Waals surface area contributed by atoms with Crippen molar-refractivity contribution in [3.8, 4) is 0 Å². The molecule has 1 fully saturated rings. The summed E-state index contributed by atoms with van der Waals surface area (Å²) in [7, 11) is 0. The van der Waals surface area contributed by atoms with Crippen LogP contribution in [0.1, 0.15) is 53.6 Å². The van der Waals surface area contributed by atoms with Crippen LogP contribution in [0.15, 0.2) is 17.1 Å². The number of nitrogens with zero attached hydrogens (tertiary/aromatic N) is 1. The van der Waals surface area contributed by atoms with Gasteiger partial charge in [0.15, 0.2) is 0 Å². The molecule has 0 bridgehead atoms. The van der Waals surface area contributed by atoms with Crippen molar-refractivity contribution >= 4 is 40.1 Å². The number of carbonyl (C=O) groups is 1. The zero-order chi connectivity index (χ0) is 15.6. The number of aromatic nitrogens is 1. The molecule has 1 aliphatic carbocycles. The van der Waals surface area contributed by atoms with E-state index < -0.39 is 11.4 Å². The molecule has 2 aliphatic rings. The van der Waals surface area contributed by atoms with Crippen LogP contribution < -0.4 is 5.43 Å². The predicted octanol–water partition coefficient (Wildman–Crippen LogP) is 4.22. The highest BCUT2D eigenvalue weighted by Gasteiger charge is 2.39. The third-order valence-corrected chi connectivity index (χ3v) is 5.73. The Kier molecular flexibility index (Phi) is 3.03. The summed E-state index contributed by atoms with van der Waals surface area (Å²) in [5.41, 5.74) is 0.990. The number of carboxylic acids is 1. The largest absolute Gasteiger partial charge is 0.477 e. The lowest BCUT2D eigenvalue weighted by atomic mass is 9.82. The fraction of sp³-hybridized carbons (Fsp3) is 0.375. The van der Waals surface area contributed by atoms with Crippen LogP contribution in [0.25, 0.3) is 10.9 Å². The molecule has 4 nitrogen and oxygen atoms in total. The number of hydrogen-bond donors (Lipinski definition) is 1. The van der Waals surface area contributed by atoms with E-state index in [1.807, 2.05) is 4.57 Å². The van der Waals surface area contributed by atoms with Crippen LogP contribution in [-0.4, -0.2) is 15.6 Å². The first-order chi connectivity index (χ1) is 10.5. The topological polar surface area (TPSA) is 59.3 Å². The normalized spacial score (nSPS) is 22.8. The summed E-state index contributed by atoms with van der Waals surface area (Å²) in [5, 5.41) is 10.5. The zero-order valence-electron chi connectivity index (χ0n) is 11.6. The summed E-state index contributed by atoms with van der Waals surface area (Å²) in [5.74, 6) is -0.992. The first-order valence-electron chi connectivity index (χ1n) is 7.30. The molecule has 2 heterocycles. The van der Waals surface area contributed by atoms with Crippen LogP contribution in [0.2, 0.25) is 10.0 Å². The van der Waals surface area contributed by atoms with Gasteiger partial charge in [-0.2, -0.15) is 0 Å². The van der Waals surface area contributed by atoms with E-state index in [1.165, 1.54) is 12.3 Å². The smallest absolute Gasteiger partial charge is 0.341 e. The van der Waals surface area contributed by atoms with Crippen LogP contribution in [-0.2, 0) is 0 Å². The lowest BCUT2D eigenvalue weighted by Gasteiger charge is -2.27. The molecule has 6 heteroatoms. The summed E-state index contributed by atoms with van der Waals surface area (Å²) >= 11 is 12.6. The molecule has 1 saturated carbocycles. The first kappa shape index (κ1) is 14.1. The number of aromatic carboxylic acids is 1. The van der Waals surface area contributed by atoms with Crippen LogP contribution in [0.4, 0.5) is 0 Å². The van der Waals surface area contributed by atoms with Crippen LogP contribution in [0.3, 0.4) is 0 Å². The monoisotopic (exact) mass is 337 g/mol. The summed E-state index contributed by atoms with van der Waals surface area (Å²) in [4.78, 5) is 23.9. The Bertz CT molecular complexity index is 887. The number of benzene rings is 1. The van der Waals surface area contributed by atoms with E-state index in [0.717, 1.165) is 36.8 Å². The minimum absolute atomic E-state index is 0.168. The maximum Gasteiger partial charge on any atom is 0.341 e. The molecule has 22 heavy (non-hydrogen) atoms. The van der Waals surface area contributed by atoms with Gasteiger partial charge >= 0.3 is 5.97 Å². The molecule has 0 amide bonds. The summed E-state index contributed by atoms with van der Waals surface area (Å²) in [6, 6.07) is 1.67. The molecule has 2 atom stereocenters. The molecule has 2 unspecified atom stereocenters. The Morgan fingerprint density at radius 2 is 2.00 bits per heavy atom. The minimum atomic E-state index is -1.21. The van der Waals surface area contributed by atoms with Gasteiger partial charge < -0.3 is 9.67 Å². The molecule has 1 aromatic carbocycles. The number of carboxylic acid groups (broad SMARTS) is 1. The lowest BCUT2D eigenvalue weighted by Crippen LogP contribution is -2.20. The van der Waals surface area contributed by atoms with Crippen LogP contribution in [0, 0.1) is 0 Å². The Labute approximate surface area is 136 Å². The van der Waals surface area contributed by atoms with Crippen molar-refractivity contribution in [2.75, 3.05) is 0 Å². The van der Waals surface area contributed by atoms with E-state index in [-0.39, 0.29) is 17.5 Å². The fourth-order valence-corrected chi connectivity index (χ4v) is 4.52. The van der Waals surface area contributed by atoms with Gasteiger partial charge in [-0.25, -0.2) is 4.79 Å². The molecule has 4 rings (SSSR count). The average Bonchev–Trinajstić information content (AvgIpc) is 2.82. The van der Waals surface area contributed by atoms with Gasteiger partial charge in [-0.15, -0.1) is 0 Å². The van der Waals surface area contributed by atoms with Crippen molar-refractivity contribution in [3.63, 3.8) is 0 Å². The van der Waals surface area contributed by atoms with E-state index in [4.69, 9.17) is 23.2 Å². The van der Waals surface area contributed by atoms with Gasteiger partial charge in [0.05, 0.1) is 15.6 Å². The van der Waals surface area contributed by atoms with Crippen molar-refractivity contribution in [2.24, 2.45) is 0 Å². The van der Waals surface area contributed by atoms with Gasteiger partial charge in [-0.05, 0) is 18.9 Å². The second kappa shape index (κ2) is 4.74. The highest BCUT2D eigenvalue weighted by Crippen LogP contribution is 2.52. The second-order valence-electron chi connectivity index (χ2n) is 6.02. The Balaban J connectivity index is 2.18. The minimum Gasteiger partial charge on any atom is -0.477 e. The van der Waals surface area contributed by atoms with E-state index >= 15 is 0 Å². The Hall–Kier alpha value is -1.52. The first-order valence-corrected chi connectivity index (χ1v) is 8.06. The van der Waals surface area contributed by atoms with Crippen molar-refractivity contribution in [2.45, 2.75) is 37.6 Å². The van der Waals surface area contributed by atoms with E-state index in [0.29, 0.717) is 15.4 Å². The number of rotatable bonds is 1. The molecular formula is C16H13Cl2NO3. The lowest BCUT2D eigenvalue weighted by molar-refractivity contribution is 0.0694. The summed E-state index contributed by atoms with van der Waals surface area (Å²) in [6.45, 7) is 0. The van der Waals surface area contributed by atoms with Crippen molar-refractivity contribution in [1.82, 2.24) is 4.57 Å². The van der Waals surface area contributed by atoms with Gasteiger partial charge in [0.1, 0.15) is 5.56 Å². The Morgan fingerprint density at radius 1 is 1.27 bits per heavy atom. The van der Waals surface area contributed by atoms with Gasteiger partial charge in [0.25, 0.3) is 0 Å². The number of halogens is 2. The predicted molar refractivity (Wildman–Crippen MR) is 85.4 cm³/mol. The van der Waals surface area contributed by atoms with Crippen molar-refractivity contribution in [1.29, 1.82) is 0 Å². The number of fused-ring (bicyclic) bond motifs is 3. The second-order valence-corrected chi connectivity index (χ2v) is 6.81. The highest BCUT2D eigenvalue weighted by atomic mass is 35.5. The van der Waals surface area contributed by atoms with Gasteiger partial charge in [0.2, 0.25) is 5.43 Å². The highest BCUT2D eigenvalue weighted by molar-refractivity contribution is 6.43. The van der Waals surface area contributed by atoms with E-state index in [2.05, 4.69) is 0 Å². The third kappa shape index (κ3) is 1.71. The van der Waals surface area contributed by atoms with Crippen LogP contribution >= 0.6 is 23.2 Å². The van der Waals surface area contributed by atoms with Gasteiger partial charge in [0, 0.05) is 29.1 Å². The maximum atomic E-state index is 12.5. The van der Waals surface area contributed by atoms with Crippen molar-refractivity contribution in [3.05, 3.63) is 43.7 Å². The average molecular weight is 338 g/mol. The van der Waals surface area contributed by atoms with Crippen molar-refractivity contribution < 1.29 is 9.90 Å². The quantitative estimate of drug-likeness (QED) is 0.847. The van der Waals surface area contributed by atoms with Crippen LogP contribution in [0.5, 0.6) is 0 Å². The number of pyridine rings is 1. The summed E-state index contributed by atoms with van der Waals surface area (Å²) in [6.07, 6.45) is 5.63.